The van der Waals surface area contributed by atoms with Crippen LogP contribution in [0.25, 0.3) is 0 Å². The molecule has 1 N–H and O–H groups in total. The van der Waals surface area contributed by atoms with Crippen LogP contribution in [0.3, 0.4) is 0 Å². The molecule has 0 aromatic heterocycles. The average Bonchev–Trinajstić information content (AvgIpc) is 1.98. The Balaban J connectivity index is 3.64. The van der Waals surface area contributed by atoms with Crippen LogP contribution in [0.15, 0.2) is 0 Å². The van der Waals surface area contributed by atoms with E-state index in [1.165, 1.54) is 0 Å². The van der Waals surface area contributed by atoms with E-state index in [1.807, 2.05) is 20.8 Å². The quantitative estimate of drug-likeness (QED) is 0.792. The summed E-state index contributed by atoms with van der Waals surface area (Å²) < 4.78 is 9.95. The van der Waals surface area contributed by atoms with Crippen molar-refractivity contribution < 1.29 is 14.3 Å². The zero-order chi connectivity index (χ0) is 11.2. The van der Waals surface area contributed by atoms with E-state index in [4.69, 9.17) is 9.47 Å². The molecule has 0 aliphatic heterocycles. The lowest BCUT2D eigenvalue weighted by atomic mass is 10.2. The topological polar surface area (TPSA) is 47.6 Å². The molecule has 5 heteroatoms. The van der Waals surface area contributed by atoms with Crippen LogP contribution < -0.4 is 5.32 Å². The molecule has 4 nitrogen and oxygen atoms in total. The largest absolute Gasteiger partial charge is 0.444 e. The Morgan fingerprint density at radius 3 is 2.50 bits per heavy atom. The van der Waals surface area contributed by atoms with Gasteiger partial charge >= 0.3 is 6.09 Å². The first kappa shape index (κ1) is 13.7. The Kier molecular flexibility index (Phi) is 6.11. The van der Waals surface area contributed by atoms with Crippen molar-refractivity contribution in [2.75, 3.05) is 20.3 Å². The van der Waals surface area contributed by atoms with Crippen LogP contribution in [0.5, 0.6) is 0 Å². The minimum absolute atomic E-state index is 0.111. The maximum Gasteiger partial charge on any atom is 0.407 e. The zero-order valence-corrected chi connectivity index (χ0v) is 10.7. The van der Waals surface area contributed by atoms with Crippen LogP contribution >= 0.6 is 15.9 Å². The highest BCUT2D eigenvalue weighted by Gasteiger charge is 2.16. The first-order valence-electron chi connectivity index (χ1n) is 4.45. The monoisotopic (exact) mass is 267 g/mol. The van der Waals surface area contributed by atoms with Crippen molar-refractivity contribution in [1.29, 1.82) is 0 Å². The number of amides is 1. The third-order valence-corrected chi connectivity index (χ3v) is 1.80. The zero-order valence-electron chi connectivity index (χ0n) is 9.09. The van der Waals surface area contributed by atoms with Crippen molar-refractivity contribution in [2.45, 2.75) is 31.2 Å². The number of alkyl carbamates (subject to hydrolysis) is 1. The SMILES string of the molecule is COC[C@@H](Br)CNC(=O)OC(C)(C)C. The molecular weight excluding hydrogens is 250 g/mol. The predicted octanol–water partition coefficient (Wildman–Crippen LogP) is 1.92. The van der Waals surface area contributed by atoms with E-state index in [9.17, 15) is 4.79 Å². The number of carbonyl (C=O) groups is 1. The number of hydrogen-bond donors (Lipinski definition) is 1. The van der Waals surface area contributed by atoms with Crippen molar-refractivity contribution in [2.24, 2.45) is 0 Å². The molecule has 0 fully saturated rings. The molecule has 0 spiro atoms. The maximum atomic E-state index is 11.2. The third kappa shape index (κ3) is 8.31. The van der Waals surface area contributed by atoms with Gasteiger partial charge in [-0.1, -0.05) is 15.9 Å². The standard InChI is InChI=1S/C9H18BrNO3/c1-9(2,3)14-8(12)11-5-7(10)6-13-4/h7H,5-6H2,1-4H3,(H,11,12)/t7-/m0/s1. The van der Waals surface area contributed by atoms with Gasteiger partial charge in [-0.05, 0) is 20.8 Å². The van der Waals surface area contributed by atoms with Crippen molar-refractivity contribution in [3.63, 3.8) is 0 Å². The van der Waals surface area contributed by atoms with Gasteiger partial charge in [0.15, 0.2) is 0 Å². The van der Waals surface area contributed by atoms with Gasteiger partial charge in [-0.25, -0.2) is 4.79 Å². The Bertz CT molecular complexity index is 179. The van der Waals surface area contributed by atoms with E-state index in [0.717, 1.165) is 0 Å². The fourth-order valence-corrected chi connectivity index (χ4v) is 1.17. The summed E-state index contributed by atoms with van der Waals surface area (Å²) in [5.74, 6) is 0. The molecule has 0 heterocycles. The van der Waals surface area contributed by atoms with Crippen LogP contribution in [0, 0.1) is 0 Å². The predicted molar refractivity (Wildman–Crippen MR) is 58.8 cm³/mol. The second-order valence-corrected chi connectivity index (χ2v) is 5.23. The molecule has 0 aliphatic carbocycles. The second kappa shape index (κ2) is 6.24. The molecule has 1 amide bonds. The number of alkyl halides is 1. The number of hydrogen-bond acceptors (Lipinski definition) is 3. The first-order chi connectivity index (χ1) is 6.35. The second-order valence-electron chi connectivity index (χ2n) is 3.94. The summed E-state index contributed by atoms with van der Waals surface area (Å²) in [6, 6.07) is 0. The lowest BCUT2D eigenvalue weighted by Crippen LogP contribution is -2.36. The third-order valence-electron chi connectivity index (χ3n) is 1.21. The van der Waals surface area contributed by atoms with Crippen LogP contribution in [-0.4, -0.2) is 36.8 Å². The number of methoxy groups -OCH3 is 1. The van der Waals surface area contributed by atoms with Crippen LogP contribution in [0.4, 0.5) is 4.79 Å². The molecule has 0 aromatic rings. The van der Waals surface area contributed by atoms with E-state index in [-0.39, 0.29) is 4.83 Å². The summed E-state index contributed by atoms with van der Waals surface area (Å²) in [5.41, 5.74) is -0.451. The van der Waals surface area contributed by atoms with Gasteiger partial charge in [-0.15, -0.1) is 0 Å². The highest BCUT2D eigenvalue weighted by molar-refractivity contribution is 9.09. The van der Waals surface area contributed by atoms with E-state index >= 15 is 0 Å². The summed E-state index contributed by atoms with van der Waals surface area (Å²) in [6.45, 7) is 6.52. The molecule has 0 radical (unpaired) electrons. The number of nitrogens with one attached hydrogen (secondary N) is 1. The summed E-state index contributed by atoms with van der Waals surface area (Å²) >= 11 is 3.35. The van der Waals surface area contributed by atoms with Gasteiger partial charge in [-0.3, -0.25) is 0 Å². The number of ether oxygens (including phenoxy) is 2. The molecule has 84 valence electrons. The average molecular weight is 268 g/mol. The van der Waals surface area contributed by atoms with Gasteiger partial charge in [0.05, 0.1) is 11.4 Å². The van der Waals surface area contributed by atoms with Crippen molar-refractivity contribution >= 4 is 22.0 Å². The van der Waals surface area contributed by atoms with E-state index in [1.54, 1.807) is 7.11 Å². The van der Waals surface area contributed by atoms with Crippen molar-refractivity contribution in [3.8, 4) is 0 Å². The van der Waals surface area contributed by atoms with Gasteiger partial charge < -0.3 is 14.8 Å². The Morgan fingerprint density at radius 1 is 1.50 bits per heavy atom. The van der Waals surface area contributed by atoms with Crippen LogP contribution in [0.1, 0.15) is 20.8 Å². The van der Waals surface area contributed by atoms with Gasteiger partial charge in [0.1, 0.15) is 5.60 Å². The van der Waals surface area contributed by atoms with E-state index < -0.39 is 11.7 Å². The molecule has 0 unspecified atom stereocenters. The number of carbonyl (C=O) groups excluding carboxylic acids is 1. The fourth-order valence-electron chi connectivity index (χ4n) is 0.748. The van der Waals surface area contributed by atoms with Crippen LogP contribution in [0.2, 0.25) is 0 Å². The van der Waals surface area contributed by atoms with Crippen LogP contribution in [-0.2, 0) is 9.47 Å². The molecule has 1 atom stereocenters. The molecular formula is C9H18BrNO3. The number of rotatable bonds is 4. The highest BCUT2D eigenvalue weighted by Crippen LogP contribution is 2.06. The molecule has 14 heavy (non-hydrogen) atoms. The summed E-state index contributed by atoms with van der Waals surface area (Å²) in [6.07, 6.45) is -0.405. The molecule has 0 saturated carbocycles. The van der Waals surface area contributed by atoms with Crippen molar-refractivity contribution in [1.82, 2.24) is 5.32 Å². The molecule has 0 aromatic carbocycles. The first-order valence-corrected chi connectivity index (χ1v) is 5.36. The molecule has 0 aliphatic rings. The Morgan fingerprint density at radius 2 is 2.07 bits per heavy atom. The van der Waals surface area contributed by atoms with E-state index in [0.29, 0.717) is 13.2 Å². The van der Waals surface area contributed by atoms with Gasteiger partial charge in [-0.2, -0.15) is 0 Å². The van der Waals surface area contributed by atoms with E-state index in [2.05, 4.69) is 21.2 Å². The van der Waals surface area contributed by atoms with Gasteiger partial charge in [0.2, 0.25) is 0 Å². The number of halogens is 1. The van der Waals surface area contributed by atoms with Gasteiger partial charge in [0, 0.05) is 13.7 Å². The molecule has 0 saturated heterocycles. The van der Waals surface area contributed by atoms with Gasteiger partial charge in [0.25, 0.3) is 0 Å². The molecule has 0 bridgehead atoms. The minimum Gasteiger partial charge on any atom is -0.444 e. The van der Waals surface area contributed by atoms with Crippen molar-refractivity contribution in [3.05, 3.63) is 0 Å². The highest BCUT2D eigenvalue weighted by atomic mass is 79.9. The maximum absolute atomic E-state index is 11.2. The summed E-state index contributed by atoms with van der Waals surface area (Å²) in [4.78, 5) is 11.3. The Hall–Kier alpha value is -0.290. The summed E-state index contributed by atoms with van der Waals surface area (Å²) in [5, 5.41) is 2.64. The molecule has 0 rings (SSSR count). The summed E-state index contributed by atoms with van der Waals surface area (Å²) in [7, 11) is 1.61. The minimum atomic E-state index is -0.451. The fraction of sp³-hybridized carbons (Fsp3) is 0.889. The smallest absolute Gasteiger partial charge is 0.407 e. The normalized spacial score (nSPS) is 13.5. The lowest BCUT2D eigenvalue weighted by molar-refractivity contribution is 0.0524. The Labute approximate surface area is 93.5 Å². The lowest BCUT2D eigenvalue weighted by Gasteiger charge is -2.20.